The van der Waals surface area contributed by atoms with Gasteiger partial charge in [0.15, 0.2) is 0 Å². The standard InChI is InChI=1S/C25H29N5O7S2/c1-13-16(24-22-14(6-7-36-24)4-5-21(30-22)35-3)10-20(38-13)23(32)17-11-27-12-28-25(17)29-15-8-18(31)19(9-15)37-39(33,34)26-2/h4-5,10-12,15,18-19,24,26,31H,6-9H2,1-3H3,(H,27,28,29)/t15-,18+,19-,24-/m1/s1. The minimum Gasteiger partial charge on any atom is -0.481 e. The molecular weight excluding hydrogens is 546 g/mol. The molecule has 208 valence electrons. The number of aromatic nitrogens is 3. The average Bonchev–Trinajstić information content (AvgIpc) is 3.48. The van der Waals surface area contributed by atoms with E-state index in [4.69, 9.17) is 13.7 Å². The first kappa shape index (κ1) is 27.6. The van der Waals surface area contributed by atoms with E-state index in [1.54, 1.807) is 7.11 Å². The van der Waals surface area contributed by atoms with Crippen molar-refractivity contribution in [3.05, 3.63) is 62.9 Å². The van der Waals surface area contributed by atoms with E-state index in [1.807, 2.05) is 25.1 Å². The molecule has 3 aromatic rings. The monoisotopic (exact) mass is 575 g/mol. The minimum atomic E-state index is -3.96. The largest absolute Gasteiger partial charge is 0.481 e. The van der Waals surface area contributed by atoms with E-state index in [2.05, 4.69) is 25.0 Å². The summed E-state index contributed by atoms with van der Waals surface area (Å²) in [6.07, 6.45) is 1.59. The van der Waals surface area contributed by atoms with E-state index in [-0.39, 0.29) is 30.2 Å². The third-order valence-electron chi connectivity index (χ3n) is 6.83. The Balaban J connectivity index is 1.37. The van der Waals surface area contributed by atoms with Gasteiger partial charge in [0.2, 0.25) is 11.7 Å². The summed E-state index contributed by atoms with van der Waals surface area (Å²) in [4.78, 5) is 28.0. The van der Waals surface area contributed by atoms with Gasteiger partial charge in [0.25, 0.3) is 0 Å². The Morgan fingerprint density at radius 1 is 1.28 bits per heavy atom. The van der Waals surface area contributed by atoms with Gasteiger partial charge in [-0.05, 0) is 37.8 Å². The molecule has 2 aliphatic rings. The molecule has 4 heterocycles. The number of pyridine rings is 1. The number of nitrogens with zero attached hydrogens (tertiary/aromatic N) is 3. The number of aliphatic hydroxyl groups is 1. The van der Waals surface area contributed by atoms with Gasteiger partial charge in [-0.3, -0.25) is 8.98 Å². The van der Waals surface area contributed by atoms with Gasteiger partial charge in [-0.25, -0.2) is 15.0 Å². The first-order chi connectivity index (χ1) is 18.7. The predicted octanol–water partition coefficient (Wildman–Crippen LogP) is 1.93. The second kappa shape index (κ2) is 11.2. The first-order valence-corrected chi connectivity index (χ1v) is 14.6. The molecule has 3 aromatic heterocycles. The number of aliphatic hydroxyl groups excluding tert-OH is 1. The van der Waals surface area contributed by atoms with Crippen LogP contribution in [0.5, 0.6) is 5.88 Å². The molecule has 1 saturated carbocycles. The highest BCUT2D eigenvalue weighted by molar-refractivity contribution is 7.84. The molecule has 1 aliphatic heterocycles. The van der Waals surface area contributed by atoms with Gasteiger partial charge in [0, 0.05) is 35.8 Å². The van der Waals surface area contributed by atoms with Crippen LogP contribution in [0.3, 0.4) is 0 Å². The molecule has 0 spiro atoms. The Morgan fingerprint density at radius 3 is 2.87 bits per heavy atom. The molecule has 0 radical (unpaired) electrons. The highest BCUT2D eigenvalue weighted by atomic mass is 32.2. The summed E-state index contributed by atoms with van der Waals surface area (Å²) in [5, 5.41) is 13.5. The van der Waals surface area contributed by atoms with Crippen LogP contribution >= 0.6 is 11.3 Å². The number of ether oxygens (including phenoxy) is 2. The average molecular weight is 576 g/mol. The quantitative estimate of drug-likeness (QED) is 0.320. The normalized spacial score (nSPS) is 22.9. The summed E-state index contributed by atoms with van der Waals surface area (Å²) in [7, 11) is -1.16. The van der Waals surface area contributed by atoms with Crippen LogP contribution in [0.2, 0.25) is 0 Å². The molecule has 0 aromatic carbocycles. The number of thiophene rings is 1. The van der Waals surface area contributed by atoms with Gasteiger partial charge in [-0.2, -0.15) is 13.1 Å². The second-order valence-electron chi connectivity index (χ2n) is 9.31. The van der Waals surface area contributed by atoms with Crippen molar-refractivity contribution in [3.8, 4) is 5.88 Å². The number of anilines is 1. The molecule has 0 saturated heterocycles. The van der Waals surface area contributed by atoms with Crippen LogP contribution in [0.1, 0.15) is 55.9 Å². The lowest BCUT2D eigenvalue weighted by Crippen LogP contribution is -2.31. The summed E-state index contributed by atoms with van der Waals surface area (Å²) in [6.45, 7) is 2.48. The SMILES string of the molecule is CNS(=O)(=O)O[C@@H]1C[C@H](Nc2ncncc2C(=O)c2cc([C@H]3OCCc4ccc(OC)nc43)c(C)s2)C[C@@H]1O. The lowest BCUT2D eigenvalue weighted by Gasteiger charge is -2.25. The Labute approximate surface area is 230 Å². The maximum atomic E-state index is 13.6. The predicted molar refractivity (Wildman–Crippen MR) is 142 cm³/mol. The topological polar surface area (TPSA) is 162 Å². The van der Waals surface area contributed by atoms with Crippen molar-refractivity contribution < 1.29 is 32.0 Å². The molecule has 14 heteroatoms. The molecule has 1 aliphatic carbocycles. The Kier molecular flexibility index (Phi) is 7.94. The van der Waals surface area contributed by atoms with Crippen molar-refractivity contribution in [1.82, 2.24) is 19.7 Å². The number of hydrogen-bond donors (Lipinski definition) is 3. The summed E-state index contributed by atoms with van der Waals surface area (Å²) < 4.78 is 42.0. The van der Waals surface area contributed by atoms with Crippen LogP contribution < -0.4 is 14.8 Å². The van der Waals surface area contributed by atoms with Crippen molar-refractivity contribution in [2.24, 2.45) is 0 Å². The molecule has 3 N–H and O–H groups in total. The van der Waals surface area contributed by atoms with Crippen molar-refractivity contribution >= 4 is 33.2 Å². The first-order valence-electron chi connectivity index (χ1n) is 12.4. The van der Waals surface area contributed by atoms with Gasteiger partial charge in [0.05, 0.1) is 36.0 Å². The number of hydrogen-bond acceptors (Lipinski definition) is 12. The van der Waals surface area contributed by atoms with E-state index >= 15 is 0 Å². The van der Waals surface area contributed by atoms with Crippen molar-refractivity contribution in [2.45, 2.75) is 50.5 Å². The third-order valence-corrected chi connectivity index (χ3v) is 8.90. The summed E-state index contributed by atoms with van der Waals surface area (Å²) in [5.41, 5.74) is 2.98. The lowest BCUT2D eigenvalue weighted by atomic mass is 9.97. The van der Waals surface area contributed by atoms with E-state index in [9.17, 15) is 18.3 Å². The number of carbonyl (C=O) groups is 1. The highest BCUT2D eigenvalue weighted by Gasteiger charge is 2.37. The Bertz CT molecular complexity index is 1480. The van der Waals surface area contributed by atoms with E-state index in [0.29, 0.717) is 23.2 Å². The summed E-state index contributed by atoms with van der Waals surface area (Å²) in [6, 6.07) is 5.28. The van der Waals surface area contributed by atoms with Gasteiger partial charge in [-0.1, -0.05) is 6.07 Å². The van der Waals surface area contributed by atoms with Crippen LogP contribution in [-0.4, -0.2) is 73.3 Å². The van der Waals surface area contributed by atoms with E-state index in [1.165, 1.54) is 30.9 Å². The molecule has 0 bridgehead atoms. The number of aryl methyl sites for hydroxylation is 1. The molecule has 0 unspecified atom stereocenters. The van der Waals surface area contributed by atoms with E-state index in [0.717, 1.165) is 28.1 Å². The molecular formula is C25H29N5O7S2. The summed E-state index contributed by atoms with van der Waals surface area (Å²) in [5.74, 6) is 0.526. The van der Waals surface area contributed by atoms with Crippen LogP contribution in [0.25, 0.3) is 0 Å². The van der Waals surface area contributed by atoms with Crippen LogP contribution in [-0.2, 0) is 25.6 Å². The minimum absolute atomic E-state index is 0.205. The fourth-order valence-electron chi connectivity index (χ4n) is 4.85. The smallest absolute Gasteiger partial charge is 0.335 e. The summed E-state index contributed by atoms with van der Waals surface area (Å²) >= 11 is 1.35. The molecule has 0 amide bonds. The lowest BCUT2D eigenvalue weighted by molar-refractivity contribution is 0.0636. The van der Waals surface area contributed by atoms with Gasteiger partial charge in [-0.15, -0.1) is 11.3 Å². The Morgan fingerprint density at radius 2 is 2.10 bits per heavy atom. The van der Waals surface area contributed by atoms with Crippen molar-refractivity contribution in [3.63, 3.8) is 0 Å². The molecule has 5 rings (SSSR count). The number of ketones is 1. The maximum Gasteiger partial charge on any atom is 0.335 e. The molecule has 4 atom stereocenters. The third kappa shape index (κ3) is 5.81. The zero-order chi connectivity index (χ0) is 27.7. The number of nitrogens with one attached hydrogen (secondary N) is 2. The van der Waals surface area contributed by atoms with Crippen LogP contribution in [0.4, 0.5) is 5.82 Å². The fraction of sp³-hybridized carbons (Fsp3) is 0.440. The highest BCUT2D eigenvalue weighted by Crippen LogP contribution is 2.38. The van der Waals surface area contributed by atoms with Gasteiger partial charge >= 0.3 is 10.3 Å². The van der Waals surface area contributed by atoms with Crippen LogP contribution in [0.15, 0.2) is 30.7 Å². The van der Waals surface area contributed by atoms with Crippen molar-refractivity contribution in [2.75, 3.05) is 26.1 Å². The number of carbonyl (C=O) groups excluding carboxylic acids is 1. The number of rotatable bonds is 9. The van der Waals surface area contributed by atoms with Gasteiger partial charge in [0.1, 0.15) is 24.4 Å². The molecule has 12 nitrogen and oxygen atoms in total. The second-order valence-corrected chi connectivity index (χ2v) is 12.1. The van der Waals surface area contributed by atoms with Crippen molar-refractivity contribution in [1.29, 1.82) is 0 Å². The molecule has 1 fully saturated rings. The maximum absolute atomic E-state index is 13.6. The number of methoxy groups -OCH3 is 1. The van der Waals surface area contributed by atoms with Crippen LogP contribution in [0, 0.1) is 6.92 Å². The van der Waals surface area contributed by atoms with E-state index < -0.39 is 28.6 Å². The molecule has 39 heavy (non-hydrogen) atoms. The number of fused-ring (bicyclic) bond motifs is 1. The fourth-order valence-corrected chi connectivity index (χ4v) is 6.48. The zero-order valence-corrected chi connectivity index (χ0v) is 23.2. The Hall–Kier alpha value is -3.01. The van der Waals surface area contributed by atoms with Gasteiger partial charge < -0.3 is 19.9 Å². The zero-order valence-electron chi connectivity index (χ0n) is 21.6.